The number of carbonyl (C=O) groups excluding carboxylic acids is 1. The summed E-state index contributed by atoms with van der Waals surface area (Å²) in [6.45, 7) is 2.94. The van der Waals surface area contributed by atoms with E-state index >= 15 is 0 Å². The minimum Gasteiger partial charge on any atom is -0.352 e. The van der Waals surface area contributed by atoms with Gasteiger partial charge in [-0.2, -0.15) is 0 Å². The second-order valence-electron chi connectivity index (χ2n) is 5.23. The Labute approximate surface area is 137 Å². The predicted octanol–water partition coefficient (Wildman–Crippen LogP) is 5.15. The summed E-state index contributed by atoms with van der Waals surface area (Å²) in [4.78, 5) is 14.5. The van der Waals surface area contributed by atoms with Crippen LogP contribution in [0.1, 0.15) is 43.0 Å². The maximum absolute atomic E-state index is 12.4. The van der Waals surface area contributed by atoms with E-state index in [9.17, 15) is 4.79 Å². The minimum atomic E-state index is 0.0236. The smallest absolute Gasteiger partial charge is 0.252 e. The van der Waals surface area contributed by atoms with Gasteiger partial charge in [-0.05, 0) is 30.7 Å². The minimum absolute atomic E-state index is 0.0236. The molecule has 1 amide bonds. The monoisotopic (exact) mass is 313 g/mol. The average molecular weight is 313 g/mol. The molecule has 0 saturated heterocycles. The summed E-state index contributed by atoms with van der Waals surface area (Å²) in [5.74, 6) is 0.0236. The Balaban J connectivity index is 1.97. The topological polar surface area (TPSA) is 29.1 Å². The van der Waals surface area contributed by atoms with Gasteiger partial charge in [0.2, 0.25) is 0 Å². The van der Waals surface area contributed by atoms with Gasteiger partial charge in [-0.25, -0.2) is 0 Å². The zero-order chi connectivity index (χ0) is 15.6. The summed E-state index contributed by atoms with van der Waals surface area (Å²) in [6, 6.07) is 17.9. The van der Waals surface area contributed by atoms with Crippen LogP contribution in [0.3, 0.4) is 0 Å². The fourth-order valence-electron chi connectivity index (χ4n) is 2.21. The Morgan fingerprint density at radius 2 is 1.68 bits per heavy atom. The molecule has 22 heavy (non-hydrogen) atoms. The van der Waals surface area contributed by atoms with Crippen LogP contribution in [0, 0.1) is 0 Å². The Morgan fingerprint density at radius 3 is 2.45 bits per heavy atom. The van der Waals surface area contributed by atoms with Crippen molar-refractivity contribution in [1.82, 2.24) is 5.32 Å². The van der Waals surface area contributed by atoms with Crippen LogP contribution in [-0.4, -0.2) is 12.5 Å². The third-order valence-corrected chi connectivity index (χ3v) is 4.50. The van der Waals surface area contributed by atoms with Gasteiger partial charge < -0.3 is 5.32 Å². The van der Waals surface area contributed by atoms with Crippen molar-refractivity contribution in [3.63, 3.8) is 0 Å². The van der Waals surface area contributed by atoms with Gasteiger partial charge in [0.15, 0.2) is 0 Å². The van der Waals surface area contributed by atoms with E-state index in [0.29, 0.717) is 0 Å². The molecular formula is C19H23NOS. The molecule has 0 bridgehead atoms. The van der Waals surface area contributed by atoms with Gasteiger partial charge in [-0.1, -0.05) is 68.3 Å². The lowest BCUT2D eigenvalue weighted by Gasteiger charge is -2.10. The van der Waals surface area contributed by atoms with Crippen LogP contribution in [0.4, 0.5) is 0 Å². The molecular weight excluding hydrogens is 290 g/mol. The molecule has 0 aliphatic rings. The lowest BCUT2D eigenvalue weighted by molar-refractivity contribution is 0.0950. The normalized spacial score (nSPS) is 10.4. The lowest BCUT2D eigenvalue weighted by Crippen LogP contribution is -2.24. The zero-order valence-electron chi connectivity index (χ0n) is 13.0. The van der Waals surface area contributed by atoms with Crippen molar-refractivity contribution in [2.24, 2.45) is 0 Å². The lowest BCUT2D eigenvalue weighted by atomic mass is 10.2. The second-order valence-corrected chi connectivity index (χ2v) is 6.34. The molecule has 0 unspecified atom stereocenters. The van der Waals surface area contributed by atoms with E-state index < -0.39 is 0 Å². The SMILES string of the molecule is CCCCCCNC(=O)c1ccccc1Sc1ccccc1. The van der Waals surface area contributed by atoms with E-state index in [2.05, 4.69) is 24.4 Å². The van der Waals surface area contributed by atoms with Gasteiger partial charge in [-0.3, -0.25) is 4.79 Å². The number of benzene rings is 2. The molecule has 1 N–H and O–H groups in total. The van der Waals surface area contributed by atoms with Gasteiger partial charge in [0.05, 0.1) is 5.56 Å². The number of amides is 1. The van der Waals surface area contributed by atoms with Gasteiger partial charge >= 0.3 is 0 Å². The van der Waals surface area contributed by atoms with Crippen LogP contribution in [0.25, 0.3) is 0 Å². The zero-order valence-corrected chi connectivity index (χ0v) is 13.9. The third-order valence-electron chi connectivity index (χ3n) is 3.42. The van der Waals surface area contributed by atoms with Crippen molar-refractivity contribution in [1.29, 1.82) is 0 Å². The summed E-state index contributed by atoms with van der Waals surface area (Å²) in [5.41, 5.74) is 0.756. The molecule has 0 fully saturated rings. The molecule has 0 aromatic heterocycles. The van der Waals surface area contributed by atoms with Crippen LogP contribution in [0.2, 0.25) is 0 Å². The molecule has 0 aliphatic carbocycles. The van der Waals surface area contributed by atoms with Gasteiger partial charge in [0, 0.05) is 16.3 Å². The summed E-state index contributed by atoms with van der Waals surface area (Å²) in [6.07, 6.45) is 4.67. The highest BCUT2D eigenvalue weighted by atomic mass is 32.2. The highest BCUT2D eigenvalue weighted by Crippen LogP contribution is 2.30. The summed E-state index contributed by atoms with van der Waals surface area (Å²) in [5, 5.41) is 3.03. The maximum Gasteiger partial charge on any atom is 0.252 e. The van der Waals surface area contributed by atoms with Gasteiger partial charge in [-0.15, -0.1) is 0 Å². The quantitative estimate of drug-likeness (QED) is 0.683. The van der Waals surface area contributed by atoms with E-state index in [0.717, 1.165) is 28.3 Å². The standard InChI is InChI=1S/C19H23NOS/c1-2-3-4-10-15-20-19(21)17-13-8-9-14-18(17)22-16-11-6-5-7-12-16/h5-9,11-14H,2-4,10,15H2,1H3,(H,20,21). The first kappa shape index (κ1) is 16.6. The molecule has 0 atom stereocenters. The molecule has 2 aromatic rings. The van der Waals surface area contributed by atoms with Crippen molar-refractivity contribution in [2.75, 3.05) is 6.54 Å². The Hall–Kier alpha value is -1.74. The Bertz CT molecular complexity index is 583. The molecule has 116 valence electrons. The van der Waals surface area contributed by atoms with Crippen LogP contribution in [-0.2, 0) is 0 Å². The van der Waals surface area contributed by atoms with Gasteiger partial charge in [0.1, 0.15) is 0 Å². The molecule has 0 aliphatic heterocycles. The first-order valence-corrected chi connectivity index (χ1v) is 8.73. The van der Waals surface area contributed by atoms with E-state index in [1.165, 1.54) is 19.3 Å². The molecule has 2 aromatic carbocycles. The fourth-order valence-corrected chi connectivity index (χ4v) is 3.17. The molecule has 0 saturated carbocycles. The van der Waals surface area contributed by atoms with E-state index in [4.69, 9.17) is 0 Å². The van der Waals surface area contributed by atoms with Crippen molar-refractivity contribution in [3.8, 4) is 0 Å². The van der Waals surface area contributed by atoms with Crippen molar-refractivity contribution < 1.29 is 4.79 Å². The van der Waals surface area contributed by atoms with Crippen molar-refractivity contribution in [3.05, 3.63) is 60.2 Å². The highest BCUT2D eigenvalue weighted by molar-refractivity contribution is 7.99. The predicted molar refractivity (Wildman–Crippen MR) is 93.5 cm³/mol. The van der Waals surface area contributed by atoms with Crippen LogP contribution in [0.5, 0.6) is 0 Å². The van der Waals surface area contributed by atoms with E-state index in [1.54, 1.807) is 11.8 Å². The van der Waals surface area contributed by atoms with E-state index in [1.807, 2.05) is 42.5 Å². The third kappa shape index (κ3) is 5.23. The molecule has 0 heterocycles. The summed E-state index contributed by atoms with van der Waals surface area (Å²) >= 11 is 1.63. The molecule has 0 radical (unpaired) electrons. The van der Waals surface area contributed by atoms with Crippen LogP contribution < -0.4 is 5.32 Å². The second kappa shape index (κ2) is 9.31. The molecule has 3 heteroatoms. The van der Waals surface area contributed by atoms with Gasteiger partial charge in [0.25, 0.3) is 5.91 Å². The van der Waals surface area contributed by atoms with Crippen LogP contribution in [0.15, 0.2) is 64.4 Å². The highest BCUT2D eigenvalue weighted by Gasteiger charge is 2.11. The molecule has 2 nitrogen and oxygen atoms in total. The largest absolute Gasteiger partial charge is 0.352 e. The summed E-state index contributed by atoms with van der Waals surface area (Å²) in [7, 11) is 0. The summed E-state index contributed by atoms with van der Waals surface area (Å²) < 4.78 is 0. The Morgan fingerprint density at radius 1 is 0.955 bits per heavy atom. The average Bonchev–Trinajstić information content (AvgIpc) is 2.56. The molecule has 0 spiro atoms. The van der Waals surface area contributed by atoms with Crippen LogP contribution >= 0.6 is 11.8 Å². The van der Waals surface area contributed by atoms with Crippen molar-refractivity contribution in [2.45, 2.75) is 42.4 Å². The number of hydrogen-bond acceptors (Lipinski definition) is 2. The Kier molecular flexibility index (Phi) is 7.04. The number of hydrogen-bond donors (Lipinski definition) is 1. The number of rotatable bonds is 8. The number of carbonyl (C=O) groups is 1. The molecule has 2 rings (SSSR count). The maximum atomic E-state index is 12.4. The number of unbranched alkanes of at least 4 members (excludes halogenated alkanes) is 3. The fraction of sp³-hybridized carbons (Fsp3) is 0.316. The van der Waals surface area contributed by atoms with Crippen molar-refractivity contribution >= 4 is 17.7 Å². The first-order chi connectivity index (χ1) is 10.8. The number of nitrogens with one attached hydrogen (secondary N) is 1. The van der Waals surface area contributed by atoms with E-state index in [-0.39, 0.29) is 5.91 Å². The first-order valence-electron chi connectivity index (χ1n) is 7.91.